The fourth-order valence-corrected chi connectivity index (χ4v) is 4.01. The molecule has 4 nitrogen and oxygen atoms in total. The number of hydrogen-bond acceptors (Lipinski definition) is 4. The van der Waals surface area contributed by atoms with Crippen LogP contribution in [0.4, 0.5) is 4.39 Å². The molecule has 0 bridgehead atoms. The molecular weight excluding hydrogens is 301 g/mol. The summed E-state index contributed by atoms with van der Waals surface area (Å²) in [5.74, 6) is -0.358. The number of thiophene rings is 1. The number of benzene rings is 1. The predicted octanol–water partition coefficient (Wildman–Crippen LogP) is 1.90. The molecule has 7 heteroatoms. The molecule has 0 saturated carbocycles. The summed E-state index contributed by atoms with van der Waals surface area (Å²) >= 11 is 1.13. The van der Waals surface area contributed by atoms with Crippen LogP contribution >= 0.6 is 11.3 Å². The molecule has 2 aromatic rings. The van der Waals surface area contributed by atoms with Crippen LogP contribution in [0.2, 0.25) is 0 Å². The van der Waals surface area contributed by atoms with Crippen molar-refractivity contribution in [3.8, 4) is 0 Å². The van der Waals surface area contributed by atoms with Gasteiger partial charge in [-0.2, -0.15) is 0 Å². The highest BCUT2D eigenvalue weighted by Gasteiger charge is 2.16. The van der Waals surface area contributed by atoms with Crippen LogP contribution in [0.3, 0.4) is 0 Å². The van der Waals surface area contributed by atoms with Crippen LogP contribution in [-0.4, -0.2) is 20.1 Å². The van der Waals surface area contributed by atoms with Crippen molar-refractivity contribution in [2.45, 2.75) is 17.2 Å². The van der Waals surface area contributed by atoms with Crippen LogP contribution in [0.25, 0.3) is 0 Å². The Balaban J connectivity index is 2.04. The summed E-state index contributed by atoms with van der Waals surface area (Å²) < 4.78 is 39.5. The van der Waals surface area contributed by atoms with Gasteiger partial charge in [-0.15, -0.1) is 11.3 Å². The van der Waals surface area contributed by atoms with Crippen molar-refractivity contribution in [1.29, 1.82) is 0 Å². The van der Waals surface area contributed by atoms with E-state index in [9.17, 15) is 12.8 Å². The van der Waals surface area contributed by atoms with Gasteiger partial charge in [0, 0.05) is 24.4 Å². The van der Waals surface area contributed by atoms with E-state index in [0.29, 0.717) is 12.0 Å². The number of rotatable bonds is 6. The minimum Gasteiger partial charge on any atom is -0.396 e. The van der Waals surface area contributed by atoms with Gasteiger partial charge in [-0.25, -0.2) is 17.5 Å². The van der Waals surface area contributed by atoms with Crippen molar-refractivity contribution in [2.75, 3.05) is 6.61 Å². The van der Waals surface area contributed by atoms with Crippen molar-refractivity contribution in [1.82, 2.24) is 4.72 Å². The summed E-state index contributed by atoms with van der Waals surface area (Å²) in [4.78, 5) is 0.814. The molecular formula is C13H14FNO3S2. The van der Waals surface area contributed by atoms with Crippen molar-refractivity contribution in [3.63, 3.8) is 0 Å². The molecule has 0 saturated heterocycles. The summed E-state index contributed by atoms with van der Waals surface area (Å²) in [6.45, 7) is 0.0961. The highest BCUT2D eigenvalue weighted by Crippen LogP contribution is 2.22. The maximum Gasteiger partial charge on any atom is 0.250 e. The lowest BCUT2D eigenvalue weighted by Crippen LogP contribution is -2.22. The molecule has 2 N–H and O–H groups in total. The van der Waals surface area contributed by atoms with E-state index in [2.05, 4.69) is 4.72 Å². The molecule has 1 aromatic carbocycles. The Bertz CT molecular complexity index is 665. The van der Waals surface area contributed by atoms with Gasteiger partial charge in [0.05, 0.1) is 0 Å². The Hall–Kier alpha value is -1.28. The molecule has 0 unspecified atom stereocenters. The van der Waals surface area contributed by atoms with Gasteiger partial charge in [0.15, 0.2) is 0 Å². The van der Waals surface area contributed by atoms with Gasteiger partial charge in [-0.3, -0.25) is 0 Å². The van der Waals surface area contributed by atoms with Gasteiger partial charge in [0.1, 0.15) is 10.0 Å². The third-order valence-corrected chi connectivity index (χ3v) is 5.68. The molecule has 0 aliphatic heterocycles. The molecule has 0 radical (unpaired) electrons. The zero-order valence-corrected chi connectivity index (χ0v) is 12.2. The molecule has 108 valence electrons. The minimum absolute atomic E-state index is 0.0109. The third-order valence-electron chi connectivity index (χ3n) is 2.64. The zero-order chi connectivity index (χ0) is 14.6. The van der Waals surface area contributed by atoms with Gasteiger partial charge in [0.2, 0.25) is 10.0 Å². The van der Waals surface area contributed by atoms with E-state index in [0.717, 1.165) is 16.2 Å². The maximum absolute atomic E-state index is 12.7. The lowest BCUT2D eigenvalue weighted by Gasteiger charge is -2.04. The molecule has 0 aliphatic rings. The number of nitrogens with one attached hydrogen (secondary N) is 1. The highest BCUT2D eigenvalue weighted by molar-refractivity contribution is 7.91. The number of aliphatic hydroxyl groups excluding tert-OH is 1. The van der Waals surface area contributed by atoms with E-state index in [1.54, 1.807) is 6.07 Å². The maximum atomic E-state index is 12.7. The van der Waals surface area contributed by atoms with Crippen molar-refractivity contribution < 1.29 is 17.9 Å². The Morgan fingerprint density at radius 1 is 1.15 bits per heavy atom. The molecule has 0 amide bonds. The van der Waals surface area contributed by atoms with Gasteiger partial charge >= 0.3 is 0 Å². The van der Waals surface area contributed by atoms with Crippen molar-refractivity contribution in [2.24, 2.45) is 0 Å². The number of aliphatic hydroxyl groups is 1. The summed E-state index contributed by atoms with van der Waals surface area (Å²) in [7, 11) is -3.57. The van der Waals surface area contributed by atoms with E-state index in [1.807, 2.05) is 0 Å². The van der Waals surface area contributed by atoms with E-state index in [1.165, 1.54) is 30.3 Å². The first-order chi connectivity index (χ1) is 9.51. The van der Waals surface area contributed by atoms with Gasteiger partial charge in [0.25, 0.3) is 0 Å². The largest absolute Gasteiger partial charge is 0.396 e. The first-order valence-corrected chi connectivity index (χ1v) is 8.25. The molecule has 0 atom stereocenters. The van der Waals surface area contributed by atoms with Crippen LogP contribution in [0.15, 0.2) is 40.6 Å². The average molecular weight is 315 g/mol. The van der Waals surface area contributed by atoms with Crippen LogP contribution in [0, 0.1) is 5.82 Å². The fourth-order valence-electron chi connectivity index (χ4n) is 1.60. The third kappa shape index (κ3) is 3.86. The summed E-state index contributed by atoms with van der Waals surface area (Å²) in [5.41, 5.74) is 0.683. The standard InChI is InChI=1S/C13H14FNO3S2/c14-11-3-1-10(2-4-11)9-15-20(17,18)13-6-5-12(19-13)7-8-16/h1-6,15-16H,7-9H2. The van der Waals surface area contributed by atoms with Gasteiger partial charge in [-0.1, -0.05) is 12.1 Å². The average Bonchev–Trinajstić information content (AvgIpc) is 2.88. The summed E-state index contributed by atoms with van der Waals surface area (Å²) in [6, 6.07) is 8.84. The van der Waals surface area contributed by atoms with Crippen LogP contribution in [0.5, 0.6) is 0 Å². The lowest BCUT2D eigenvalue weighted by atomic mass is 10.2. The quantitative estimate of drug-likeness (QED) is 0.855. The molecule has 0 spiro atoms. The topological polar surface area (TPSA) is 66.4 Å². The number of sulfonamides is 1. The van der Waals surface area contributed by atoms with E-state index >= 15 is 0 Å². The first kappa shape index (κ1) is 15.1. The Kier molecular flexibility index (Phi) is 4.87. The Labute approximate surface area is 120 Å². The first-order valence-electron chi connectivity index (χ1n) is 5.95. The second kappa shape index (κ2) is 6.45. The van der Waals surface area contributed by atoms with Crippen molar-refractivity contribution in [3.05, 3.63) is 52.7 Å². The van der Waals surface area contributed by atoms with E-state index in [4.69, 9.17) is 5.11 Å². The SMILES string of the molecule is O=S(=O)(NCc1ccc(F)cc1)c1ccc(CCO)s1. The van der Waals surface area contributed by atoms with Crippen molar-refractivity contribution >= 4 is 21.4 Å². The second-order valence-corrected chi connectivity index (χ2v) is 7.31. The lowest BCUT2D eigenvalue weighted by molar-refractivity contribution is 0.300. The summed E-state index contributed by atoms with van der Waals surface area (Å²) in [5, 5.41) is 8.82. The van der Waals surface area contributed by atoms with Gasteiger partial charge in [-0.05, 0) is 29.8 Å². The molecule has 20 heavy (non-hydrogen) atoms. The molecule has 0 fully saturated rings. The Morgan fingerprint density at radius 2 is 1.85 bits per heavy atom. The normalized spacial score (nSPS) is 11.7. The highest BCUT2D eigenvalue weighted by atomic mass is 32.2. The monoisotopic (exact) mass is 315 g/mol. The van der Waals surface area contributed by atoms with Crippen LogP contribution in [0.1, 0.15) is 10.4 Å². The predicted molar refractivity (Wildman–Crippen MR) is 75.5 cm³/mol. The molecule has 0 aliphatic carbocycles. The smallest absolute Gasteiger partial charge is 0.250 e. The fraction of sp³-hybridized carbons (Fsp3) is 0.231. The number of hydrogen-bond donors (Lipinski definition) is 2. The molecule has 1 heterocycles. The molecule has 2 rings (SSSR count). The minimum atomic E-state index is -3.57. The summed E-state index contributed by atoms with van der Waals surface area (Å²) in [6.07, 6.45) is 0.443. The molecule has 1 aromatic heterocycles. The van der Waals surface area contributed by atoms with E-state index < -0.39 is 10.0 Å². The van der Waals surface area contributed by atoms with Crippen LogP contribution in [-0.2, 0) is 23.0 Å². The van der Waals surface area contributed by atoms with Crippen LogP contribution < -0.4 is 4.72 Å². The number of halogens is 1. The van der Waals surface area contributed by atoms with Gasteiger partial charge < -0.3 is 5.11 Å². The van der Waals surface area contributed by atoms with E-state index in [-0.39, 0.29) is 23.2 Å². The Morgan fingerprint density at radius 3 is 2.50 bits per heavy atom. The second-order valence-electron chi connectivity index (χ2n) is 4.15. The zero-order valence-electron chi connectivity index (χ0n) is 10.5.